The van der Waals surface area contributed by atoms with Gasteiger partial charge in [0.1, 0.15) is 6.10 Å². The van der Waals surface area contributed by atoms with Gasteiger partial charge in [0.05, 0.1) is 42.4 Å². The number of amides is 1. The Bertz CT molecular complexity index is 864. The highest BCUT2D eigenvalue weighted by atomic mass is 16.5. The van der Waals surface area contributed by atoms with Crippen LogP contribution in [0.4, 0.5) is 0 Å². The summed E-state index contributed by atoms with van der Waals surface area (Å²) in [7, 11) is 0. The van der Waals surface area contributed by atoms with E-state index in [4.69, 9.17) is 4.74 Å². The molecule has 7 nitrogen and oxygen atoms in total. The van der Waals surface area contributed by atoms with Crippen LogP contribution in [0.15, 0.2) is 49.2 Å². The van der Waals surface area contributed by atoms with Crippen molar-refractivity contribution in [2.45, 2.75) is 19.1 Å². The van der Waals surface area contributed by atoms with E-state index >= 15 is 0 Å². The Kier molecular flexibility index (Phi) is 4.39. The summed E-state index contributed by atoms with van der Waals surface area (Å²) in [5.74, 6) is 0.120. The van der Waals surface area contributed by atoms with Crippen molar-refractivity contribution < 1.29 is 9.53 Å². The van der Waals surface area contributed by atoms with Crippen LogP contribution < -0.4 is 0 Å². The summed E-state index contributed by atoms with van der Waals surface area (Å²) in [4.78, 5) is 27.2. The molecule has 1 saturated heterocycles. The lowest BCUT2D eigenvalue weighted by molar-refractivity contribution is -0.139. The SMILES string of the molecule is O=C(CCn1cnc2ccccc21)N1CCOC(c2cnccn2)C1. The predicted octanol–water partition coefficient (Wildman–Crippen LogP) is 1.82. The number of aryl methyl sites for hydroxylation is 1. The monoisotopic (exact) mass is 337 g/mol. The van der Waals surface area contributed by atoms with Gasteiger partial charge in [-0.2, -0.15) is 0 Å². The van der Waals surface area contributed by atoms with Gasteiger partial charge in [0.25, 0.3) is 0 Å². The molecule has 4 rings (SSSR count). The Morgan fingerprint density at radius 1 is 1.24 bits per heavy atom. The van der Waals surface area contributed by atoms with Crippen LogP contribution in [0.1, 0.15) is 18.2 Å². The molecule has 1 aliphatic heterocycles. The zero-order valence-corrected chi connectivity index (χ0v) is 13.8. The molecule has 7 heteroatoms. The van der Waals surface area contributed by atoms with Gasteiger partial charge in [-0.3, -0.25) is 14.8 Å². The highest BCUT2D eigenvalue weighted by molar-refractivity contribution is 5.77. The van der Waals surface area contributed by atoms with Crippen LogP contribution in [0.3, 0.4) is 0 Å². The first-order valence-corrected chi connectivity index (χ1v) is 8.36. The minimum atomic E-state index is -0.208. The number of aromatic nitrogens is 4. The van der Waals surface area contributed by atoms with Crippen LogP contribution in [0.2, 0.25) is 0 Å². The summed E-state index contributed by atoms with van der Waals surface area (Å²) in [6, 6.07) is 7.94. The maximum Gasteiger partial charge on any atom is 0.224 e. The number of nitrogens with zero attached hydrogens (tertiary/aromatic N) is 5. The number of rotatable bonds is 4. The molecule has 3 heterocycles. The molecule has 1 aliphatic rings. The summed E-state index contributed by atoms with van der Waals surface area (Å²) in [6.45, 7) is 2.26. The predicted molar refractivity (Wildman–Crippen MR) is 91.7 cm³/mol. The summed E-state index contributed by atoms with van der Waals surface area (Å²) in [5, 5.41) is 0. The van der Waals surface area contributed by atoms with Gasteiger partial charge in [-0.05, 0) is 12.1 Å². The first-order valence-electron chi connectivity index (χ1n) is 8.36. The number of fused-ring (bicyclic) bond motifs is 1. The van der Waals surface area contributed by atoms with Crippen LogP contribution in [0, 0.1) is 0 Å². The van der Waals surface area contributed by atoms with Crippen molar-refractivity contribution in [2.24, 2.45) is 0 Å². The first kappa shape index (κ1) is 15.7. The van der Waals surface area contributed by atoms with E-state index < -0.39 is 0 Å². The second kappa shape index (κ2) is 6.98. The lowest BCUT2D eigenvalue weighted by Gasteiger charge is -2.32. The molecule has 0 radical (unpaired) electrons. The second-order valence-corrected chi connectivity index (χ2v) is 6.01. The normalized spacial score (nSPS) is 17.8. The number of para-hydroxylation sites is 2. The van der Waals surface area contributed by atoms with Crippen molar-refractivity contribution in [3.8, 4) is 0 Å². The minimum Gasteiger partial charge on any atom is -0.368 e. The second-order valence-electron chi connectivity index (χ2n) is 6.01. The van der Waals surface area contributed by atoms with Gasteiger partial charge in [0.2, 0.25) is 5.91 Å². The van der Waals surface area contributed by atoms with Crippen molar-refractivity contribution in [1.82, 2.24) is 24.4 Å². The zero-order chi connectivity index (χ0) is 17.1. The maximum atomic E-state index is 12.6. The molecule has 0 spiro atoms. The molecule has 1 amide bonds. The average Bonchev–Trinajstić information content (AvgIpc) is 3.10. The van der Waals surface area contributed by atoms with E-state index in [1.165, 1.54) is 0 Å². The molecule has 1 aromatic carbocycles. The smallest absolute Gasteiger partial charge is 0.224 e. The van der Waals surface area contributed by atoms with E-state index in [-0.39, 0.29) is 12.0 Å². The molecule has 25 heavy (non-hydrogen) atoms. The van der Waals surface area contributed by atoms with E-state index in [9.17, 15) is 4.79 Å². The van der Waals surface area contributed by atoms with Crippen molar-refractivity contribution in [3.05, 3.63) is 54.9 Å². The molecule has 0 N–H and O–H groups in total. The average molecular weight is 337 g/mol. The highest BCUT2D eigenvalue weighted by Gasteiger charge is 2.26. The molecular formula is C18H19N5O2. The van der Waals surface area contributed by atoms with Gasteiger partial charge in [0, 0.05) is 31.9 Å². The fraction of sp³-hybridized carbons (Fsp3) is 0.333. The Balaban J connectivity index is 1.39. The van der Waals surface area contributed by atoms with Gasteiger partial charge in [0.15, 0.2) is 0 Å². The van der Waals surface area contributed by atoms with Gasteiger partial charge >= 0.3 is 0 Å². The van der Waals surface area contributed by atoms with Gasteiger partial charge in [-0.25, -0.2) is 4.98 Å². The van der Waals surface area contributed by atoms with E-state index in [0.29, 0.717) is 32.7 Å². The summed E-state index contributed by atoms with van der Waals surface area (Å²) in [6.07, 6.45) is 6.98. The Labute approximate surface area is 145 Å². The minimum absolute atomic E-state index is 0.120. The molecule has 1 atom stereocenters. The molecular weight excluding hydrogens is 318 g/mol. The van der Waals surface area contributed by atoms with E-state index in [2.05, 4.69) is 15.0 Å². The fourth-order valence-electron chi connectivity index (χ4n) is 3.09. The van der Waals surface area contributed by atoms with Crippen LogP contribution in [-0.4, -0.2) is 50.0 Å². The zero-order valence-electron chi connectivity index (χ0n) is 13.8. The van der Waals surface area contributed by atoms with Crippen molar-refractivity contribution in [3.63, 3.8) is 0 Å². The molecule has 2 aromatic heterocycles. The molecule has 3 aromatic rings. The number of ether oxygens (including phenoxy) is 1. The first-order chi connectivity index (χ1) is 12.3. The van der Waals surface area contributed by atoms with Crippen molar-refractivity contribution in [1.29, 1.82) is 0 Å². The topological polar surface area (TPSA) is 73.1 Å². The Morgan fingerprint density at radius 3 is 3.04 bits per heavy atom. The number of hydrogen-bond acceptors (Lipinski definition) is 5. The highest BCUT2D eigenvalue weighted by Crippen LogP contribution is 2.20. The number of benzene rings is 1. The van der Waals surface area contributed by atoms with Gasteiger partial charge in [-0.1, -0.05) is 12.1 Å². The van der Waals surface area contributed by atoms with Crippen LogP contribution in [-0.2, 0) is 16.1 Å². The summed E-state index contributed by atoms with van der Waals surface area (Å²) < 4.78 is 7.76. The Hall–Kier alpha value is -2.80. The lowest BCUT2D eigenvalue weighted by Crippen LogP contribution is -2.42. The fourth-order valence-corrected chi connectivity index (χ4v) is 3.09. The van der Waals surface area contributed by atoms with Crippen LogP contribution >= 0.6 is 0 Å². The Morgan fingerprint density at radius 2 is 2.16 bits per heavy atom. The largest absolute Gasteiger partial charge is 0.368 e. The van der Waals surface area contributed by atoms with Gasteiger partial charge in [-0.15, -0.1) is 0 Å². The molecule has 0 saturated carbocycles. The lowest BCUT2D eigenvalue weighted by atomic mass is 10.2. The quantitative estimate of drug-likeness (QED) is 0.726. The van der Waals surface area contributed by atoms with E-state index in [1.54, 1.807) is 24.9 Å². The molecule has 128 valence electrons. The standard InChI is InChI=1S/C18H19N5O2/c24-18(5-8-23-13-21-14-3-1-2-4-16(14)23)22-9-10-25-17(12-22)15-11-19-6-7-20-15/h1-4,6-7,11,13,17H,5,8-10,12H2. The number of carbonyl (C=O) groups excluding carboxylic acids is 1. The molecule has 0 bridgehead atoms. The molecule has 1 unspecified atom stereocenters. The number of imidazole rings is 1. The number of carbonyl (C=O) groups is 1. The molecule has 0 aliphatic carbocycles. The molecule has 1 fully saturated rings. The van der Waals surface area contributed by atoms with E-state index in [1.807, 2.05) is 33.7 Å². The summed E-state index contributed by atoms with van der Waals surface area (Å²) >= 11 is 0. The third kappa shape index (κ3) is 3.36. The van der Waals surface area contributed by atoms with Gasteiger partial charge < -0.3 is 14.2 Å². The van der Waals surface area contributed by atoms with Crippen molar-refractivity contribution >= 4 is 16.9 Å². The van der Waals surface area contributed by atoms with E-state index in [0.717, 1.165) is 16.7 Å². The van der Waals surface area contributed by atoms with Crippen LogP contribution in [0.5, 0.6) is 0 Å². The number of hydrogen-bond donors (Lipinski definition) is 0. The maximum absolute atomic E-state index is 12.6. The van der Waals surface area contributed by atoms with Crippen molar-refractivity contribution in [2.75, 3.05) is 19.7 Å². The third-order valence-electron chi connectivity index (χ3n) is 4.43. The number of morpholine rings is 1. The summed E-state index contributed by atoms with van der Waals surface area (Å²) in [5.41, 5.74) is 2.76. The van der Waals surface area contributed by atoms with Crippen LogP contribution in [0.25, 0.3) is 11.0 Å². The third-order valence-corrected chi connectivity index (χ3v) is 4.43.